The van der Waals surface area contributed by atoms with E-state index in [0.29, 0.717) is 34.0 Å². The van der Waals surface area contributed by atoms with Gasteiger partial charge in [-0.1, -0.05) is 6.07 Å². The van der Waals surface area contributed by atoms with Gasteiger partial charge in [0, 0.05) is 23.5 Å². The first kappa shape index (κ1) is 18.3. The molecule has 0 radical (unpaired) electrons. The molecule has 0 fully saturated rings. The van der Waals surface area contributed by atoms with Crippen molar-refractivity contribution in [3.8, 4) is 11.5 Å². The summed E-state index contributed by atoms with van der Waals surface area (Å²) in [6.07, 6.45) is 0. The number of non-ortho nitro benzene ring substituents is 1. The summed E-state index contributed by atoms with van der Waals surface area (Å²) >= 11 is 0. The van der Waals surface area contributed by atoms with Crippen LogP contribution in [0.4, 0.5) is 16.2 Å². The number of urea groups is 1. The minimum atomic E-state index is -0.712. The molecule has 0 saturated heterocycles. The van der Waals surface area contributed by atoms with E-state index >= 15 is 0 Å². The van der Waals surface area contributed by atoms with Gasteiger partial charge in [-0.2, -0.15) is 0 Å². The van der Waals surface area contributed by atoms with Crippen molar-refractivity contribution in [2.75, 3.05) is 12.1 Å². The van der Waals surface area contributed by atoms with Crippen LogP contribution in [0, 0.1) is 10.1 Å². The fourth-order valence-corrected chi connectivity index (χ4v) is 3.20. The highest BCUT2D eigenvalue weighted by Gasteiger charge is 2.32. The summed E-state index contributed by atoms with van der Waals surface area (Å²) in [6.45, 7) is 1.74. The topological polar surface area (TPSA) is 132 Å². The smallest absolute Gasteiger partial charge is 0.319 e. The number of nitrogens with zero attached hydrogens (tertiary/aromatic N) is 1. The molecule has 2 aromatic carbocycles. The lowest BCUT2D eigenvalue weighted by atomic mass is 9.94. The molecular weight excluding hydrogens is 380 g/mol. The molecule has 10 nitrogen and oxygen atoms in total. The van der Waals surface area contributed by atoms with Gasteiger partial charge in [0.15, 0.2) is 11.5 Å². The molecular formula is C19H16N4O6. The summed E-state index contributed by atoms with van der Waals surface area (Å²) in [4.78, 5) is 35.2. The van der Waals surface area contributed by atoms with Gasteiger partial charge < -0.3 is 25.4 Å². The van der Waals surface area contributed by atoms with E-state index in [4.69, 9.17) is 9.47 Å². The number of carbonyl (C=O) groups is 2. The SMILES string of the molecule is CC1=C(C(=O)Nc2ccc([N+](=O)[O-])cc2)[C@H](c2ccc3c(c2)OCO3)NC(=O)N1. The van der Waals surface area contributed by atoms with E-state index < -0.39 is 22.9 Å². The van der Waals surface area contributed by atoms with Crippen molar-refractivity contribution in [2.24, 2.45) is 0 Å². The zero-order valence-electron chi connectivity index (χ0n) is 15.2. The van der Waals surface area contributed by atoms with Crippen LogP contribution >= 0.6 is 0 Å². The van der Waals surface area contributed by atoms with Gasteiger partial charge in [-0.05, 0) is 36.8 Å². The normalized spacial score (nSPS) is 17.4. The first-order valence-electron chi connectivity index (χ1n) is 8.66. The van der Waals surface area contributed by atoms with Gasteiger partial charge in [-0.3, -0.25) is 14.9 Å². The summed E-state index contributed by atoms with van der Waals surface area (Å²) in [7, 11) is 0. The predicted molar refractivity (Wildman–Crippen MR) is 101 cm³/mol. The third kappa shape index (κ3) is 3.55. The maximum Gasteiger partial charge on any atom is 0.319 e. The Balaban J connectivity index is 1.63. The number of rotatable bonds is 4. The van der Waals surface area contributed by atoms with Crippen LogP contribution in [0.15, 0.2) is 53.7 Å². The average Bonchev–Trinajstić information content (AvgIpc) is 3.15. The van der Waals surface area contributed by atoms with Crippen molar-refractivity contribution in [3.05, 3.63) is 69.4 Å². The summed E-state index contributed by atoms with van der Waals surface area (Å²) in [5.74, 6) is 0.668. The van der Waals surface area contributed by atoms with Crippen LogP contribution < -0.4 is 25.4 Å². The second kappa shape index (κ2) is 7.15. The molecule has 2 aliphatic heterocycles. The van der Waals surface area contributed by atoms with Crippen molar-refractivity contribution in [1.82, 2.24) is 10.6 Å². The number of allylic oxidation sites excluding steroid dienone is 1. The summed E-state index contributed by atoms with van der Waals surface area (Å²) in [5, 5.41) is 18.8. The Morgan fingerprint density at radius 1 is 1.17 bits per heavy atom. The highest BCUT2D eigenvalue weighted by atomic mass is 16.7. The van der Waals surface area contributed by atoms with Crippen molar-refractivity contribution < 1.29 is 24.0 Å². The molecule has 0 aromatic heterocycles. The van der Waals surface area contributed by atoms with E-state index in [1.165, 1.54) is 24.3 Å². The monoisotopic (exact) mass is 396 g/mol. The van der Waals surface area contributed by atoms with Gasteiger partial charge in [-0.15, -0.1) is 0 Å². The number of nitro benzene ring substituents is 1. The fraction of sp³-hybridized carbons (Fsp3) is 0.158. The zero-order chi connectivity index (χ0) is 20.5. The van der Waals surface area contributed by atoms with E-state index in [1.54, 1.807) is 25.1 Å². The van der Waals surface area contributed by atoms with Crippen molar-refractivity contribution >= 4 is 23.3 Å². The predicted octanol–water partition coefficient (Wildman–Crippen LogP) is 2.59. The molecule has 0 spiro atoms. The molecule has 1 atom stereocenters. The molecule has 0 unspecified atom stereocenters. The van der Waals surface area contributed by atoms with E-state index in [2.05, 4.69) is 16.0 Å². The molecule has 4 rings (SSSR count). The molecule has 10 heteroatoms. The van der Waals surface area contributed by atoms with Gasteiger partial charge in [-0.25, -0.2) is 4.79 Å². The van der Waals surface area contributed by atoms with Gasteiger partial charge in [0.05, 0.1) is 16.5 Å². The maximum atomic E-state index is 13.0. The van der Waals surface area contributed by atoms with Crippen molar-refractivity contribution in [2.45, 2.75) is 13.0 Å². The molecule has 3 amide bonds. The third-order valence-corrected chi connectivity index (χ3v) is 4.58. The van der Waals surface area contributed by atoms with E-state index in [0.717, 1.165) is 0 Å². The minimum absolute atomic E-state index is 0.0803. The second-order valence-corrected chi connectivity index (χ2v) is 6.44. The summed E-state index contributed by atoms with van der Waals surface area (Å²) in [5.41, 5.74) is 1.67. The molecule has 148 valence electrons. The molecule has 0 bridgehead atoms. The zero-order valence-corrected chi connectivity index (χ0v) is 15.2. The number of fused-ring (bicyclic) bond motifs is 1. The number of benzene rings is 2. The van der Waals surface area contributed by atoms with E-state index in [-0.39, 0.29) is 12.5 Å². The Kier molecular flexibility index (Phi) is 4.51. The minimum Gasteiger partial charge on any atom is -0.454 e. The molecule has 0 aliphatic carbocycles. The highest BCUT2D eigenvalue weighted by molar-refractivity contribution is 6.06. The van der Waals surface area contributed by atoms with Gasteiger partial charge >= 0.3 is 6.03 Å². The molecule has 3 N–H and O–H groups in total. The summed E-state index contributed by atoms with van der Waals surface area (Å²) < 4.78 is 10.7. The summed E-state index contributed by atoms with van der Waals surface area (Å²) in [6, 6.07) is 9.51. The van der Waals surface area contributed by atoms with Crippen molar-refractivity contribution in [3.63, 3.8) is 0 Å². The first-order valence-corrected chi connectivity index (χ1v) is 8.66. The van der Waals surface area contributed by atoms with Gasteiger partial charge in [0.2, 0.25) is 6.79 Å². The van der Waals surface area contributed by atoms with Crippen LogP contribution in [0.5, 0.6) is 11.5 Å². The first-order chi connectivity index (χ1) is 13.9. The van der Waals surface area contributed by atoms with E-state index in [1.807, 2.05) is 0 Å². The van der Waals surface area contributed by atoms with Crippen LogP contribution in [0.2, 0.25) is 0 Å². The van der Waals surface area contributed by atoms with Crippen molar-refractivity contribution in [1.29, 1.82) is 0 Å². The number of nitro groups is 1. The Labute approximate surface area is 164 Å². The van der Waals surface area contributed by atoms with Gasteiger partial charge in [0.25, 0.3) is 11.6 Å². The lowest BCUT2D eigenvalue weighted by Gasteiger charge is -2.28. The van der Waals surface area contributed by atoms with Crippen LogP contribution in [0.25, 0.3) is 0 Å². The maximum absolute atomic E-state index is 13.0. The Bertz CT molecular complexity index is 1050. The number of carbonyl (C=O) groups excluding carboxylic acids is 2. The Morgan fingerprint density at radius 2 is 1.90 bits per heavy atom. The molecule has 2 aliphatic rings. The Morgan fingerprint density at radius 3 is 2.62 bits per heavy atom. The van der Waals surface area contributed by atoms with Crippen LogP contribution in [0.3, 0.4) is 0 Å². The molecule has 29 heavy (non-hydrogen) atoms. The number of nitrogens with one attached hydrogen (secondary N) is 3. The standard InChI is InChI=1S/C19H16N4O6/c1-10-16(18(24)21-12-3-5-13(6-4-12)23(26)27)17(22-19(25)20-10)11-2-7-14-15(8-11)29-9-28-14/h2-8,17H,9H2,1H3,(H,21,24)(H2,20,22,25)/t17-/m0/s1. The number of hydrogen-bond donors (Lipinski definition) is 3. The van der Waals surface area contributed by atoms with Crippen LogP contribution in [0.1, 0.15) is 18.5 Å². The average molecular weight is 396 g/mol. The van der Waals surface area contributed by atoms with Crippen LogP contribution in [-0.2, 0) is 4.79 Å². The molecule has 2 aromatic rings. The third-order valence-electron chi connectivity index (χ3n) is 4.58. The highest BCUT2D eigenvalue weighted by Crippen LogP contribution is 2.37. The lowest BCUT2D eigenvalue weighted by Crippen LogP contribution is -2.45. The number of ether oxygens (including phenoxy) is 2. The van der Waals surface area contributed by atoms with Gasteiger partial charge in [0.1, 0.15) is 0 Å². The largest absolute Gasteiger partial charge is 0.454 e. The Hall–Kier alpha value is -4.08. The fourth-order valence-electron chi connectivity index (χ4n) is 3.20. The number of amides is 3. The molecule has 2 heterocycles. The quantitative estimate of drug-likeness (QED) is 0.538. The lowest BCUT2D eigenvalue weighted by molar-refractivity contribution is -0.384. The van der Waals surface area contributed by atoms with E-state index in [9.17, 15) is 19.7 Å². The number of anilines is 1. The second-order valence-electron chi connectivity index (χ2n) is 6.44. The van der Waals surface area contributed by atoms with Crippen LogP contribution in [-0.4, -0.2) is 23.7 Å². The number of hydrogen-bond acceptors (Lipinski definition) is 6. The molecule has 0 saturated carbocycles.